The Bertz CT molecular complexity index is 233. The molecule has 0 spiro atoms. The monoisotopic (exact) mass is 247 g/mol. The van der Waals surface area contributed by atoms with Crippen LogP contribution in [-0.2, 0) is 9.59 Å². The fourth-order valence-electron chi connectivity index (χ4n) is 1.11. The van der Waals surface area contributed by atoms with Gasteiger partial charge in [-0.25, -0.2) is 0 Å². The number of thioether (sulfide) groups is 1. The highest BCUT2D eigenvalue weighted by Crippen LogP contribution is 2.07. The summed E-state index contributed by atoms with van der Waals surface area (Å²) in [7, 11) is 1.65. The summed E-state index contributed by atoms with van der Waals surface area (Å²) in [5.74, 6) is 0.0787. The van der Waals surface area contributed by atoms with Gasteiger partial charge < -0.3 is 10.0 Å². The molecule has 0 aromatic rings. The van der Waals surface area contributed by atoms with Crippen LogP contribution in [0.5, 0.6) is 0 Å². The lowest BCUT2D eigenvalue weighted by molar-refractivity contribution is -0.142. The van der Waals surface area contributed by atoms with E-state index in [0.29, 0.717) is 5.75 Å². The molecule has 0 aromatic heterocycles. The first-order valence-electron chi connectivity index (χ1n) is 5.53. The van der Waals surface area contributed by atoms with Crippen LogP contribution in [0.2, 0.25) is 0 Å². The van der Waals surface area contributed by atoms with E-state index in [1.165, 1.54) is 4.90 Å². The minimum Gasteiger partial charge on any atom is -0.481 e. The highest BCUT2D eigenvalue weighted by molar-refractivity contribution is 7.99. The van der Waals surface area contributed by atoms with Crippen LogP contribution in [0.15, 0.2) is 0 Å². The lowest BCUT2D eigenvalue weighted by Crippen LogP contribution is -2.34. The molecule has 0 saturated carbocycles. The molecule has 0 aromatic carbocycles. The van der Waals surface area contributed by atoms with E-state index in [1.54, 1.807) is 25.7 Å². The Kier molecular flexibility index (Phi) is 8.07. The molecular formula is C11H21NO3S. The molecule has 0 bridgehead atoms. The predicted molar refractivity (Wildman–Crippen MR) is 66.7 cm³/mol. The number of carboxylic acid groups (broad SMARTS) is 1. The zero-order valence-corrected chi connectivity index (χ0v) is 11.0. The van der Waals surface area contributed by atoms with Crippen molar-refractivity contribution in [3.8, 4) is 0 Å². The SMILES string of the molecule is CCCCSCC(=O)N(C)CC(C)C(=O)O. The average molecular weight is 247 g/mol. The molecule has 4 nitrogen and oxygen atoms in total. The largest absolute Gasteiger partial charge is 0.481 e. The van der Waals surface area contributed by atoms with E-state index in [9.17, 15) is 9.59 Å². The average Bonchev–Trinajstić information content (AvgIpc) is 2.23. The predicted octanol–water partition coefficient (Wildman–Crippen LogP) is 1.70. The number of carbonyl (C=O) groups excluding carboxylic acids is 1. The van der Waals surface area contributed by atoms with E-state index in [-0.39, 0.29) is 12.5 Å². The number of nitrogens with zero attached hydrogens (tertiary/aromatic N) is 1. The number of carboxylic acids is 1. The normalized spacial score (nSPS) is 12.2. The third-order valence-electron chi connectivity index (χ3n) is 2.26. The maximum absolute atomic E-state index is 11.6. The zero-order chi connectivity index (χ0) is 12.6. The molecule has 0 radical (unpaired) electrons. The van der Waals surface area contributed by atoms with Crippen LogP contribution in [0.1, 0.15) is 26.7 Å². The molecule has 1 unspecified atom stereocenters. The quantitative estimate of drug-likeness (QED) is 0.663. The number of rotatable bonds is 8. The summed E-state index contributed by atoms with van der Waals surface area (Å²) in [5.41, 5.74) is 0. The topological polar surface area (TPSA) is 57.6 Å². The van der Waals surface area contributed by atoms with Gasteiger partial charge in [-0.05, 0) is 12.2 Å². The molecule has 0 heterocycles. The summed E-state index contributed by atoms with van der Waals surface area (Å²) >= 11 is 1.61. The molecule has 0 aliphatic carbocycles. The Hall–Kier alpha value is -0.710. The molecule has 1 N–H and O–H groups in total. The maximum Gasteiger partial charge on any atom is 0.308 e. The first-order valence-corrected chi connectivity index (χ1v) is 6.69. The Balaban J connectivity index is 3.77. The van der Waals surface area contributed by atoms with E-state index >= 15 is 0 Å². The molecular weight excluding hydrogens is 226 g/mol. The smallest absolute Gasteiger partial charge is 0.308 e. The van der Waals surface area contributed by atoms with Crippen LogP contribution in [-0.4, -0.2) is 47.0 Å². The first-order chi connectivity index (χ1) is 7.49. The summed E-state index contributed by atoms with van der Waals surface area (Å²) in [4.78, 5) is 23.7. The lowest BCUT2D eigenvalue weighted by Gasteiger charge is -2.19. The van der Waals surface area contributed by atoms with E-state index < -0.39 is 11.9 Å². The van der Waals surface area contributed by atoms with Gasteiger partial charge in [0.2, 0.25) is 5.91 Å². The number of hydrogen-bond donors (Lipinski definition) is 1. The number of amides is 1. The van der Waals surface area contributed by atoms with Crippen molar-refractivity contribution in [1.82, 2.24) is 4.90 Å². The summed E-state index contributed by atoms with van der Waals surface area (Å²) in [6.07, 6.45) is 2.25. The van der Waals surface area contributed by atoms with E-state index in [2.05, 4.69) is 6.92 Å². The lowest BCUT2D eigenvalue weighted by atomic mass is 10.2. The fraction of sp³-hybridized carbons (Fsp3) is 0.818. The van der Waals surface area contributed by atoms with Crippen LogP contribution in [0.3, 0.4) is 0 Å². The van der Waals surface area contributed by atoms with Gasteiger partial charge in [0, 0.05) is 13.6 Å². The molecule has 0 saturated heterocycles. The van der Waals surface area contributed by atoms with Crippen LogP contribution >= 0.6 is 11.8 Å². The minimum atomic E-state index is -0.863. The van der Waals surface area contributed by atoms with Gasteiger partial charge in [0.1, 0.15) is 0 Å². The van der Waals surface area contributed by atoms with Crippen molar-refractivity contribution in [2.24, 2.45) is 5.92 Å². The third kappa shape index (κ3) is 6.71. The van der Waals surface area contributed by atoms with E-state index in [4.69, 9.17) is 5.11 Å². The number of unbranched alkanes of at least 4 members (excludes halogenated alkanes) is 1. The number of aliphatic carboxylic acids is 1. The number of hydrogen-bond acceptors (Lipinski definition) is 3. The van der Waals surface area contributed by atoms with Crippen molar-refractivity contribution in [2.75, 3.05) is 25.1 Å². The summed E-state index contributed by atoms with van der Waals surface area (Å²) in [5, 5.41) is 8.72. The van der Waals surface area contributed by atoms with Crippen molar-refractivity contribution in [3.63, 3.8) is 0 Å². The Morgan fingerprint density at radius 2 is 2.06 bits per heavy atom. The van der Waals surface area contributed by atoms with Crippen molar-refractivity contribution in [3.05, 3.63) is 0 Å². The summed E-state index contributed by atoms with van der Waals surface area (Å²) in [6.45, 7) is 4.00. The van der Waals surface area contributed by atoms with Gasteiger partial charge in [0.15, 0.2) is 0 Å². The van der Waals surface area contributed by atoms with Crippen molar-refractivity contribution in [2.45, 2.75) is 26.7 Å². The highest BCUT2D eigenvalue weighted by atomic mass is 32.2. The summed E-state index contributed by atoms with van der Waals surface area (Å²) in [6, 6.07) is 0. The zero-order valence-electron chi connectivity index (χ0n) is 10.2. The Morgan fingerprint density at radius 3 is 2.56 bits per heavy atom. The third-order valence-corrected chi connectivity index (χ3v) is 3.29. The standard InChI is InChI=1S/C11H21NO3S/c1-4-5-6-16-8-10(13)12(3)7-9(2)11(14)15/h9H,4-8H2,1-3H3,(H,14,15). The number of carbonyl (C=O) groups is 2. The molecule has 5 heteroatoms. The van der Waals surface area contributed by atoms with Gasteiger partial charge in [-0.2, -0.15) is 11.8 Å². The second-order valence-electron chi connectivity index (χ2n) is 3.92. The van der Waals surface area contributed by atoms with Crippen LogP contribution < -0.4 is 0 Å². The molecule has 1 atom stereocenters. The molecule has 1 amide bonds. The van der Waals surface area contributed by atoms with Crippen molar-refractivity contribution in [1.29, 1.82) is 0 Å². The molecule has 16 heavy (non-hydrogen) atoms. The Labute approximate surface area is 101 Å². The molecule has 0 aliphatic heterocycles. The maximum atomic E-state index is 11.6. The molecule has 0 rings (SSSR count). The second kappa shape index (κ2) is 8.44. The molecule has 0 fully saturated rings. The fourth-order valence-corrected chi connectivity index (χ4v) is 2.14. The van der Waals surface area contributed by atoms with Crippen molar-refractivity contribution < 1.29 is 14.7 Å². The van der Waals surface area contributed by atoms with E-state index in [0.717, 1.165) is 18.6 Å². The van der Waals surface area contributed by atoms with Crippen LogP contribution in [0, 0.1) is 5.92 Å². The van der Waals surface area contributed by atoms with Gasteiger partial charge in [-0.1, -0.05) is 20.3 Å². The highest BCUT2D eigenvalue weighted by Gasteiger charge is 2.16. The molecule has 94 valence electrons. The summed E-state index contributed by atoms with van der Waals surface area (Å²) < 4.78 is 0. The van der Waals surface area contributed by atoms with Crippen LogP contribution in [0.4, 0.5) is 0 Å². The Morgan fingerprint density at radius 1 is 1.44 bits per heavy atom. The minimum absolute atomic E-state index is 0.00852. The van der Waals surface area contributed by atoms with Gasteiger partial charge in [-0.15, -0.1) is 0 Å². The first kappa shape index (κ1) is 15.3. The van der Waals surface area contributed by atoms with Crippen LogP contribution in [0.25, 0.3) is 0 Å². The van der Waals surface area contributed by atoms with E-state index in [1.807, 2.05) is 0 Å². The van der Waals surface area contributed by atoms with Gasteiger partial charge in [0.25, 0.3) is 0 Å². The second-order valence-corrected chi connectivity index (χ2v) is 5.02. The van der Waals surface area contributed by atoms with Crippen molar-refractivity contribution >= 4 is 23.6 Å². The molecule has 0 aliphatic rings. The van der Waals surface area contributed by atoms with Gasteiger partial charge in [-0.3, -0.25) is 9.59 Å². The van der Waals surface area contributed by atoms with Gasteiger partial charge in [0.05, 0.1) is 11.7 Å². The van der Waals surface area contributed by atoms with Gasteiger partial charge >= 0.3 is 5.97 Å².